The molecule has 5 aromatic carbocycles. The van der Waals surface area contributed by atoms with Gasteiger partial charge in [0.2, 0.25) is 0 Å². The van der Waals surface area contributed by atoms with Gasteiger partial charge in [0, 0.05) is 22.8 Å². The minimum atomic E-state index is -0.446. The first kappa shape index (κ1) is 23.6. The molecule has 0 aliphatic heterocycles. The highest BCUT2D eigenvalue weighted by Crippen LogP contribution is 2.32. The molecular weight excluding hydrogens is 470 g/mol. The lowest BCUT2D eigenvalue weighted by Crippen LogP contribution is -2.13. The number of ketones is 1. The second-order valence-corrected chi connectivity index (χ2v) is 9.63. The van der Waals surface area contributed by atoms with Crippen molar-refractivity contribution in [2.75, 3.05) is 0 Å². The standard InChI is InChI=1S/C34H25NO3/c1-21-16-26(31(36)18-23-10-4-3-5-11-23)17-22(2)33(21)38-34(37)32-27-14-8-9-15-29(27)35-30-20-25-13-7-6-12-24(25)19-28(30)32/h3-17,19-20H,18H2,1-2H3. The summed E-state index contributed by atoms with van der Waals surface area (Å²) >= 11 is 0. The normalized spacial score (nSPS) is 11.2. The van der Waals surface area contributed by atoms with E-state index in [1.54, 1.807) is 12.1 Å². The Kier molecular flexibility index (Phi) is 5.93. The summed E-state index contributed by atoms with van der Waals surface area (Å²) in [5.74, 6) is 0.0535. The summed E-state index contributed by atoms with van der Waals surface area (Å²) in [6.45, 7) is 3.73. The van der Waals surface area contributed by atoms with Crippen molar-refractivity contribution in [1.29, 1.82) is 0 Å². The van der Waals surface area contributed by atoms with Gasteiger partial charge in [0.15, 0.2) is 5.78 Å². The van der Waals surface area contributed by atoms with Gasteiger partial charge in [-0.25, -0.2) is 9.78 Å². The van der Waals surface area contributed by atoms with E-state index in [1.807, 2.05) is 105 Å². The van der Waals surface area contributed by atoms with Crippen LogP contribution in [0.1, 0.15) is 37.4 Å². The zero-order valence-electron chi connectivity index (χ0n) is 21.2. The van der Waals surface area contributed by atoms with Crippen molar-refractivity contribution in [3.8, 4) is 5.75 Å². The molecule has 0 spiro atoms. The smallest absolute Gasteiger partial charge is 0.344 e. The average molecular weight is 496 g/mol. The van der Waals surface area contributed by atoms with E-state index in [-0.39, 0.29) is 5.78 Å². The maximum Gasteiger partial charge on any atom is 0.344 e. The Hall–Kier alpha value is -4.83. The van der Waals surface area contributed by atoms with Gasteiger partial charge in [0.1, 0.15) is 5.75 Å². The van der Waals surface area contributed by atoms with Gasteiger partial charge >= 0.3 is 5.97 Å². The number of para-hydroxylation sites is 1. The van der Waals surface area contributed by atoms with Gasteiger partial charge in [-0.15, -0.1) is 0 Å². The van der Waals surface area contributed by atoms with Crippen LogP contribution in [0.2, 0.25) is 0 Å². The van der Waals surface area contributed by atoms with E-state index in [9.17, 15) is 9.59 Å². The summed E-state index contributed by atoms with van der Waals surface area (Å²) in [5.41, 5.74) is 5.01. The zero-order chi connectivity index (χ0) is 26.2. The zero-order valence-corrected chi connectivity index (χ0v) is 21.2. The molecule has 1 heterocycles. The molecule has 0 atom stereocenters. The monoisotopic (exact) mass is 495 g/mol. The minimum absolute atomic E-state index is 0.0262. The number of pyridine rings is 1. The van der Waals surface area contributed by atoms with Crippen LogP contribution in [0.25, 0.3) is 32.6 Å². The van der Waals surface area contributed by atoms with Crippen molar-refractivity contribution in [1.82, 2.24) is 4.98 Å². The number of benzene rings is 5. The molecule has 0 saturated heterocycles. The van der Waals surface area contributed by atoms with E-state index in [4.69, 9.17) is 9.72 Å². The number of carbonyl (C=O) groups is 2. The molecule has 6 rings (SSSR count). The van der Waals surface area contributed by atoms with Gasteiger partial charge in [-0.2, -0.15) is 0 Å². The van der Waals surface area contributed by atoms with E-state index in [2.05, 4.69) is 0 Å². The molecule has 4 nitrogen and oxygen atoms in total. The third kappa shape index (κ3) is 4.31. The van der Waals surface area contributed by atoms with Crippen LogP contribution in [0.3, 0.4) is 0 Å². The van der Waals surface area contributed by atoms with Crippen LogP contribution in [0.5, 0.6) is 5.75 Å². The number of Topliss-reactive ketones (excluding diaryl/α,β-unsaturated/α-hetero) is 1. The van der Waals surface area contributed by atoms with Crippen LogP contribution < -0.4 is 4.74 Å². The number of carbonyl (C=O) groups excluding carboxylic acids is 2. The molecule has 4 heteroatoms. The molecular formula is C34H25NO3. The lowest BCUT2D eigenvalue weighted by Gasteiger charge is -2.15. The molecule has 1 aromatic heterocycles. The molecule has 0 bridgehead atoms. The van der Waals surface area contributed by atoms with Crippen molar-refractivity contribution >= 4 is 44.3 Å². The highest BCUT2D eigenvalue weighted by Gasteiger charge is 2.21. The number of fused-ring (bicyclic) bond motifs is 3. The SMILES string of the molecule is Cc1cc(C(=O)Cc2ccccc2)cc(C)c1OC(=O)c1c2ccccc2nc2cc3ccccc3cc12. The Balaban J connectivity index is 1.40. The summed E-state index contributed by atoms with van der Waals surface area (Å²) in [6.07, 6.45) is 0.321. The van der Waals surface area contributed by atoms with Crippen molar-refractivity contribution in [3.63, 3.8) is 0 Å². The first-order valence-corrected chi connectivity index (χ1v) is 12.6. The molecule has 0 aliphatic rings. The summed E-state index contributed by atoms with van der Waals surface area (Å²) in [5, 5.41) is 3.58. The molecule has 184 valence electrons. The molecule has 0 saturated carbocycles. The predicted octanol–water partition coefficient (Wildman–Crippen LogP) is 7.80. The fourth-order valence-electron chi connectivity index (χ4n) is 5.10. The molecule has 0 amide bonds. The number of rotatable bonds is 5. The Labute approximate surface area is 220 Å². The van der Waals surface area contributed by atoms with Crippen molar-refractivity contribution in [3.05, 3.63) is 131 Å². The number of aromatic nitrogens is 1. The quantitative estimate of drug-likeness (QED) is 0.106. The molecule has 0 aliphatic carbocycles. The number of esters is 1. The molecule has 0 unspecified atom stereocenters. The van der Waals surface area contributed by atoms with Gasteiger partial charge in [-0.05, 0) is 71.6 Å². The third-order valence-electron chi connectivity index (χ3n) is 6.94. The van der Waals surface area contributed by atoms with Gasteiger partial charge < -0.3 is 4.74 Å². The van der Waals surface area contributed by atoms with Crippen LogP contribution in [0.15, 0.2) is 103 Å². The van der Waals surface area contributed by atoms with Gasteiger partial charge in [-0.1, -0.05) is 72.8 Å². The number of aryl methyl sites for hydroxylation is 2. The lowest BCUT2D eigenvalue weighted by molar-refractivity contribution is 0.0736. The summed E-state index contributed by atoms with van der Waals surface area (Å²) in [4.78, 5) is 31.6. The van der Waals surface area contributed by atoms with Crippen molar-refractivity contribution in [2.24, 2.45) is 0 Å². The first-order chi connectivity index (χ1) is 18.5. The Morgan fingerprint density at radius 3 is 2.05 bits per heavy atom. The van der Waals surface area contributed by atoms with Crippen molar-refractivity contribution < 1.29 is 14.3 Å². The summed E-state index contributed by atoms with van der Waals surface area (Å²) in [7, 11) is 0. The second kappa shape index (κ2) is 9.56. The predicted molar refractivity (Wildman–Crippen MR) is 152 cm³/mol. The molecule has 0 radical (unpaired) electrons. The molecule has 0 fully saturated rings. The summed E-state index contributed by atoms with van der Waals surface area (Å²) in [6, 6.07) is 33.0. The highest BCUT2D eigenvalue weighted by molar-refractivity contribution is 6.17. The maximum atomic E-state index is 13.8. The number of nitrogens with zero attached hydrogens (tertiary/aromatic N) is 1. The van der Waals surface area contributed by atoms with Gasteiger partial charge in [0.05, 0.1) is 16.6 Å². The van der Waals surface area contributed by atoms with Crippen LogP contribution in [0, 0.1) is 13.8 Å². The third-order valence-corrected chi connectivity index (χ3v) is 6.94. The topological polar surface area (TPSA) is 56.3 Å². The van der Waals surface area contributed by atoms with Crippen LogP contribution in [0.4, 0.5) is 0 Å². The highest BCUT2D eigenvalue weighted by atomic mass is 16.5. The first-order valence-electron chi connectivity index (χ1n) is 12.6. The van der Waals surface area contributed by atoms with Crippen LogP contribution >= 0.6 is 0 Å². The number of ether oxygens (including phenoxy) is 1. The van der Waals surface area contributed by atoms with Gasteiger partial charge in [-0.3, -0.25) is 4.79 Å². The number of hydrogen-bond donors (Lipinski definition) is 0. The summed E-state index contributed by atoms with van der Waals surface area (Å²) < 4.78 is 6.07. The minimum Gasteiger partial charge on any atom is -0.422 e. The lowest BCUT2D eigenvalue weighted by atomic mass is 9.98. The van der Waals surface area contributed by atoms with E-state index in [0.717, 1.165) is 49.3 Å². The fourth-order valence-corrected chi connectivity index (χ4v) is 5.10. The van der Waals surface area contributed by atoms with Crippen LogP contribution in [-0.2, 0) is 6.42 Å². The van der Waals surface area contributed by atoms with E-state index in [1.165, 1.54) is 0 Å². The molecule has 6 aromatic rings. The average Bonchev–Trinajstić information content (AvgIpc) is 2.92. The largest absolute Gasteiger partial charge is 0.422 e. The Morgan fingerprint density at radius 1 is 0.684 bits per heavy atom. The van der Waals surface area contributed by atoms with E-state index < -0.39 is 5.97 Å². The molecule has 38 heavy (non-hydrogen) atoms. The number of hydrogen-bond acceptors (Lipinski definition) is 4. The van der Waals surface area contributed by atoms with E-state index in [0.29, 0.717) is 23.3 Å². The molecule has 0 N–H and O–H groups in total. The van der Waals surface area contributed by atoms with Gasteiger partial charge in [0.25, 0.3) is 0 Å². The van der Waals surface area contributed by atoms with Crippen LogP contribution in [-0.4, -0.2) is 16.7 Å². The Morgan fingerprint density at radius 2 is 1.32 bits per heavy atom. The van der Waals surface area contributed by atoms with Crippen molar-refractivity contribution in [2.45, 2.75) is 20.3 Å². The second-order valence-electron chi connectivity index (χ2n) is 9.63. The fraction of sp³-hybridized carbons (Fsp3) is 0.0882. The maximum absolute atomic E-state index is 13.8. The van der Waals surface area contributed by atoms with E-state index >= 15 is 0 Å². The Bertz CT molecular complexity index is 1840.